The van der Waals surface area contributed by atoms with E-state index < -0.39 is 0 Å². The minimum absolute atomic E-state index is 0.0322. The molecule has 0 saturated heterocycles. The monoisotopic (exact) mass is 183 g/mol. The molecule has 0 aliphatic carbocycles. The van der Waals surface area contributed by atoms with Crippen LogP contribution >= 0.6 is 0 Å². The lowest BCUT2D eigenvalue weighted by molar-refractivity contribution is -0.129. The number of nitrogens with zero attached hydrogens (tertiary/aromatic N) is 1. The molecule has 0 aromatic heterocycles. The van der Waals surface area contributed by atoms with E-state index in [9.17, 15) is 9.59 Å². The maximum Gasteiger partial charge on any atom is 0.226 e. The Morgan fingerprint density at radius 3 is 2.08 bits per heavy atom. The Kier molecular flexibility index (Phi) is 4.38. The topological polar surface area (TPSA) is 37.4 Å². The average Bonchev–Trinajstić information content (AvgIpc) is 2.02. The summed E-state index contributed by atoms with van der Waals surface area (Å²) in [6, 6.07) is 0. The van der Waals surface area contributed by atoms with Gasteiger partial charge in [0, 0.05) is 20.0 Å². The minimum Gasteiger partial charge on any atom is -0.349 e. The van der Waals surface area contributed by atoms with Crippen molar-refractivity contribution in [3.63, 3.8) is 0 Å². The molecule has 0 aliphatic heterocycles. The van der Waals surface area contributed by atoms with Crippen molar-refractivity contribution in [1.29, 1.82) is 0 Å². The Bertz CT molecular complexity index is 229. The SMILES string of the molecule is C=C(CC(=O)N(C)C)C(=O)C(C)C. The molecule has 3 heteroatoms. The summed E-state index contributed by atoms with van der Waals surface area (Å²) in [7, 11) is 3.32. The van der Waals surface area contributed by atoms with E-state index >= 15 is 0 Å². The predicted octanol–water partition coefficient (Wildman–Crippen LogP) is 1.25. The Morgan fingerprint density at radius 1 is 1.31 bits per heavy atom. The number of Topliss-reactive ketones (excluding diaryl/α,β-unsaturated/α-hetero) is 1. The van der Waals surface area contributed by atoms with Crippen LogP contribution in [0.2, 0.25) is 0 Å². The molecule has 0 N–H and O–H groups in total. The molecule has 13 heavy (non-hydrogen) atoms. The number of carbonyl (C=O) groups is 2. The lowest BCUT2D eigenvalue weighted by atomic mass is 10.00. The fraction of sp³-hybridized carbons (Fsp3) is 0.600. The van der Waals surface area contributed by atoms with Crippen molar-refractivity contribution in [2.75, 3.05) is 14.1 Å². The van der Waals surface area contributed by atoms with Crippen LogP contribution in [-0.2, 0) is 9.59 Å². The van der Waals surface area contributed by atoms with Crippen LogP contribution in [0.5, 0.6) is 0 Å². The number of amides is 1. The molecular formula is C10H17NO2. The zero-order valence-electron chi connectivity index (χ0n) is 8.76. The summed E-state index contributed by atoms with van der Waals surface area (Å²) in [6.45, 7) is 7.20. The molecule has 0 aromatic rings. The first-order valence-corrected chi connectivity index (χ1v) is 4.28. The maximum absolute atomic E-state index is 11.3. The van der Waals surface area contributed by atoms with Crippen molar-refractivity contribution in [2.24, 2.45) is 5.92 Å². The summed E-state index contributed by atoms with van der Waals surface area (Å²) in [6.07, 6.45) is 0.129. The van der Waals surface area contributed by atoms with E-state index in [1.165, 1.54) is 4.90 Å². The predicted molar refractivity (Wildman–Crippen MR) is 52.3 cm³/mol. The fourth-order valence-corrected chi connectivity index (χ4v) is 0.836. The Morgan fingerprint density at radius 2 is 1.77 bits per heavy atom. The molecule has 0 spiro atoms. The van der Waals surface area contributed by atoms with Gasteiger partial charge in [0.05, 0.1) is 6.42 Å². The van der Waals surface area contributed by atoms with Crippen molar-refractivity contribution in [1.82, 2.24) is 4.90 Å². The van der Waals surface area contributed by atoms with Gasteiger partial charge in [-0.2, -0.15) is 0 Å². The zero-order valence-corrected chi connectivity index (χ0v) is 8.76. The van der Waals surface area contributed by atoms with Gasteiger partial charge in [-0.15, -0.1) is 0 Å². The number of carbonyl (C=O) groups excluding carboxylic acids is 2. The first-order chi connectivity index (χ1) is 5.86. The van der Waals surface area contributed by atoms with Crippen LogP contribution in [0, 0.1) is 5.92 Å². The molecule has 0 heterocycles. The normalized spacial score (nSPS) is 9.92. The fourth-order valence-electron chi connectivity index (χ4n) is 0.836. The van der Waals surface area contributed by atoms with Gasteiger partial charge in [0.15, 0.2) is 5.78 Å². The van der Waals surface area contributed by atoms with Gasteiger partial charge in [0.1, 0.15) is 0 Å². The summed E-state index contributed by atoms with van der Waals surface area (Å²) in [5.41, 5.74) is 0.397. The van der Waals surface area contributed by atoms with E-state index in [1.807, 2.05) is 0 Å². The third-order valence-electron chi connectivity index (χ3n) is 1.74. The molecule has 3 nitrogen and oxygen atoms in total. The van der Waals surface area contributed by atoms with E-state index in [1.54, 1.807) is 27.9 Å². The molecule has 0 bridgehead atoms. The largest absolute Gasteiger partial charge is 0.349 e. The second-order valence-corrected chi connectivity index (χ2v) is 3.59. The Balaban J connectivity index is 4.17. The number of hydrogen-bond donors (Lipinski definition) is 0. The smallest absolute Gasteiger partial charge is 0.226 e. The molecule has 74 valence electrons. The van der Waals surface area contributed by atoms with Gasteiger partial charge in [-0.25, -0.2) is 0 Å². The summed E-state index contributed by atoms with van der Waals surface area (Å²) >= 11 is 0. The highest BCUT2D eigenvalue weighted by Crippen LogP contribution is 2.08. The molecule has 0 radical (unpaired) electrons. The maximum atomic E-state index is 11.3. The van der Waals surface area contributed by atoms with Gasteiger partial charge >= 0.3 is 0 Å². The van der Waals surface area contributed by atoms with Gasteiger partial charge < -0.3 is 4.90 Å². The van der Waals surface area contributed by atoms with Crippen molar-refractivity contribution in [2.45, 2.75) is 20.3 Å². The molecule has 1 amide bonds. The summed E-state index contributed by atoms with van der Waals surface area (Å²) < 4.78 is 0. The number of rotatable bonds is 4. The third-order valence-corrected chi connectivity index (χ3v) is 1.74. The van der Waals surface area contributed by atoms with Crippen molar-refractivity contribution in [3.05, 3.63) is 12.2 Å². The van der Waals surface area contributed by atoms with E-state index in [-0.39, 0.29) is 24.0 Å². The number of hydrogen-bond acceptors (Lipinski definition) is 2. The van der Waals surface area contributed by atoms with Crippen LogP contribution in [0.1, 0.15) is 20.3 Å². The first-order valence-electron chi connectivity index (χ1n) is 4.28. The quantitative estimate of drug-likeness (QED) is 0.615. The van der Waals surface area contributed by atoms with Gasteiger partial charge in [0.2, 0.25) is 5.91 Å². The van der Waals surface area contributed by atoms with Crippen LogP contribution < -0.4 is 0 Å². The minimum atomic E-state index is -0.0843. The van der Waals surface area contributed by atoms with Crippen molar-refractivity contribution >= 4 is 11.7 Å². The third kappa shape index (κ3) is 3.87. The first kappa shape index (κ1) is 11.9. The summed E-state index contributed by atoms with van der Waals surface area (Å²) in [4.78, 5) is 24.0. The van der Waals surface area contributed by atoms with E-state index in [0.717, 1.165) is 0 Å². The zero-order chi connectivity index (χ0) is 10.6. The molecule has 0 saturated carbocycles. The van der Waals surface area contributed by atoms with Gasteiger partial charge in [-0.05, 0) is 5.57 Å². The lowest BCUT2D eigenvalue weighted by Gasteiger charge is -2.11. The Labute approximate surface area is 79.4 Å². The second-order valence-electron chi connectivity index (χ2n) is 3.59. The van der Waals surface area contributed by atoms with E-state index in [2.05, 4.69) is 6.58 Å². The van der Waals surface area contributed by atoms with E-state index in [4.69, 9.17) is 0 Å². The van der Waals surface area contributed by atoms with E-state index in [0.29, 0.717) is 5.57 Å². The van der Waals surface area contributed by atoms with Crippen molar-refractivity contribution < 1.29 is 9.59 Å². The highest BCUT2D eigenvalue weighted by molar-refractivity contribution is 6.00. The van der Waals surface area contributed by atoms with Gasteiger partial charge in [-0.3, -0.25) is 9.59 Å². The second kappa shape index (κ2) is 4.80. The molecule has 0 aromatic carbocycles. The summed E-state index contributed by atoms with van der Waals surface area (Å²) in [5.74, 6) is -0.198. The van der Waals surface area contributed by atoms with Crippen LogP contribution in [0.25, 0.3) is 0 Å². The number of ketones is 1. The van der Waals surface area contributed by atoms with Crippen LogP contribution in [-0.4, -0.2) is 30.7 Å². The molecule has 0 fully saturated rings. The van der Waals surface area contributed by atoms with Crippen LogP contribution in [0.15, 0.2) is 12.2 Å². The highest BCUT2D eigenvalue weighted by atomic mass is 16.2. The van der Waals surface area contributed by atoms with Crippen LogP contribution in [0.4, 0.5) is 0 Å². The van der Waals surface area contributed by atoms with Crippen LogP contribution in [0.3, 0.4) is 0 Å². The molecule has 0 atom stereocenters. The highest BCUT2D eigenvalue weighted by Gasteiger charge is 2.15. The average molecular weight is 183 g/mol. The lowest BCUT2D eigenvalue weighted by Crippen LogP contribution is -2.24. The molecule has 0 rings (SSSR count). The van der Waals surface area contributed by atoms with Gasteiger partial charge in [-0.1, -0.05) is 20.4 Å². The standard InChI is InChI=1S/C10H17NO2/c1-7(2)10(13)8(3)6-9(12)11(4)5/h7H,3,6H2,1-2,4-5H3. The van der Waals surface area contributed by atoms with Crippen molar-refractivity contribution in [3.8, 4) is 0 Å². The molecule has 0 unspecified atom stereocenters. The molecular weight excluding hydrogens is 166 g/mol. The molecule has 0 aliphatic rings. The Hall–Kier alpha value is -1.12. The summed E-state index contributed by atoms with van der Waals surface area (Å²) in [5, 5.41) is 0. The van der Waals surface area contributed by atoms with Gasteiger partial charge in [0.25, 0.3) is 0 Å².